The van der Waals surface area contributed by atoms with Crippen LogP contribution in [0.1, 0.15) is 58.1 Å². The second kappa shape index (κ2) is 8.18. The van der Waals surface area contributed by atoms with Crippen LogP contribution in [0, 0.1) is 23.7 Å². The van der Waals surface area contributed by atoms with Crippen LogP contribution < -0.4 is 2.71 Å². The monoisotopic (exact) mass is 563 g/mol. The minimum absolute atomic E-state index is 0.657. The molecular formula is C23H36NSTl. The molecule has 0 spiro atoms. The van der Waals surface area contributed by atoms with Crippen molar-refractivity contribution in [1.82, 2.24) is 0 Å². The van der Waals surface area contributed by atoms with Gasteiger partial charge in [0.05, 0.1) is 0 Å². The summed E-state index contributed by atoms with van der Waals surface area (Å²) in [7, 11) is 0. The number of fused-ring (bicyclic) bond motifs is 1. The van der Waals surface area contributed by atoms with Gasteiger partial charge in [-0.25, -0.2) is 0 Å². The Morgan fingerprint density at radius 3 is 2.38 bits per heavy atom. The van der Waals surface area contributed by atoms with Crippen molar-refractivity contribution in [2.24, 2.45) is 23.7 Å². The maximum absolute atomic E-state index is 4.70. The van der Waals surface area contributed by atoms with Crippen LogP contribution in [0.3, 0.4) is 0 Å². The van der Waals surface area contributed by atoms with Crippen molar-refractivity contribution in [3.8, 4) is 0 Å². The number of para-hydroxylation sites is 1. The third-order valence-corrected chi connectivity index (χ3v) is 14.6. The molecule has 0 radical (unpaired) electrons. The first-order chi connectivity index (χ1) is 12.3. The Labute approximate surface area is 175 Å². The van der Waals surface area contributed by atoms with E-state index >= 15 is 0 Å². The van der Waals surface area contributed by atoms with E-state index in [1.54, 1.807) is 16.8 Å². The summed E-state index contributed by atoms with van der Waals surface area (Å²) >= 11 is 2.99. The van der Waals surface area contributed by atoms with Gasteiger partial charge in [0.15, 0.2) is 0 Å². The second-order valence-corrected chi connectivity index (χ2v) is 20.7. The van der Waals surface area contributed by atoms with Crippen molar-refractivity contribution in [3.63, 3.8) is 0 Å². The number of hydrogen-bond acceptors (Lipinski definition) is 2. The number of allylic oxidation sites excluding steroid dienone is 2. The zero-order chi connectivity index (χ0) is 19.2. The van der Waals surface area contributed by atoms with Gasteiger partial charge in [-0.3, -0.25) is 0 Å². The molecule has 3 rings (SSSR count). The molecule has 1 aliphatic heterocycles. The van der Waals surface area contributed by atoms with Crippen molar-refractivity contribution in [2.75, 3.05) is 9.25 Å². The Balaban J connectivity index is 2.09. The molecule has 1 nitrogen and oxygen atoms in total. The predicted octanol–water partition coefficient (Wildman–Crippen LogP) is 6.54. The summed E-state index contributed by atoms with van der Waals surface area (Å²) in [5.41, 5.74) is 6.45. The Morgan fingerprint density at radius 1 is 1.08 bits per heavy atom. The molecule has 1 aliphatic carbocycles. The Morgan fingerprint density at radius 2 is 1.77 bits per heavy atom. The number of nitrogens with zero attached hydrogens (tertiary/aromatic N) is 1. The molecule has 3 heteroatoms. The molecular weight excluding hydrogens is 527 g/mol. The van der Waals surface area contributed by atoms with Crippen LogP contribution in [-0.2, 0) is 6.42 Å². The average molecular weight is 563 g/mol. The van der Waals surface area contributed by atoms with Crippen LogP contribution >= 0.6 is 12.6 Å². The van der Waals surface area contributed by atoms with Gasteiger partial charge in [0.1, 0.15) is 0 Å². The van der Waals surface area contributed by atoms with Crippen LogP contribution in [0.25, 0.3) is 0 Å². The summed E-state index contributed by atoms with van der Waals surface area (Å²) in [4.78, 5) is 1.22. The summed E-state index contributed by atoms with van der Waals surface area (Å²) in [6.45, 7) is 13.2. The van der Waals surface area contributed by atoms with Crippen LogP contribution in [0.2, 0.25) is 8.97 Å². The number of anilines is 1. The summed E-state index contributed by atoms with van der Waals surface area (Å²) in [5, 5.41) is 0. The summed E-state index contributed by atoms with van der Waals surface area (Å²) < 4.78 is 8.02. The van der Waals surface area contributed by atoms with E-state index in [1.807, 2.05) is 0 Å². The fourth-order valence-electron chi connectivity index (χ4n) is 5.93. The number of thiol groups is 1. The Bertz CT molecular complexity index is 691. The van der Waals surface area contributed by atoms with Gasteiger partial charge < -0.3 is 0 Å². The molecule has 1 saturated carbocycles. The summed E-state index contributed by atoms with van der Waals surface area (Å²) in [6.07, 6.45) is 2.60. The normalized spacial score (nSPS) is 32.3. The van der Waals surface area contributed by atoms with E-state index in [0.29, 0.717) is 23.7 Å². The topological polar surface area (TPSA) is 3.24 Å². The first kappa shape index (κ1) is 20.8. The number of benzene rings is 1. The third-order valence-electron chi connectivity index (χ3n) is 7.43. The quantitative estimate of drug-likeness (QED) is 0.324. The fourth-order valence-corrected chi connectivity index (χ4v) is 12.0. The van der Waals surface area contributed by atoms with Gasteiger partial charge in [0, 0.05) is 0 Å². The molecule has 1 heterocycles. The van der Waals surface area contributed by atoms with E-state index in [-0.39, 0.29) is 0 Å². The van der Waals surface area contributed by atoms with Gasteiger partial charge in [0.2, 0.25) is 0 Å². The van der Waals surface area contributed by atoms with E-state index in [2.05, 4.69) is 64.5 Å². The van der Waals surface area contributed by atoms with Crippen LogP contribution in [-0.4, -0.2) is 29.5 Å². The molecule has 26 heavy (non-hydrogen) atoms. The molecule has 1 aromatic carbocycles. The Kier molecular flexibility index (Phi) is 6.53. The van der Waals surface area contributed by atoms with Gasteiger partial charge >= 0.3 is 176 Å². The summed E-state index contributed by atoms with van der Waals surface area (Å²) in [5.74, 6) is 3.44. The van der Waals surface area contributed by atoms with E-state index in [0.717, 1.165) is 5.92 Å². The van der Waals surface area contributed by atoms with Crippen LogP contribution in [0.15, 0.2) is 28.7 Å². The molecule has 0 aromatic heterocycles. The second-order valence-electron chi connectivity index (χ2n) is 9.14. The zero-order valence-electron chi connectivity index (χ0n) is 17.7. The molecule has 0 N–H and O–H groups in total. The van der Waals surface area contributed by atoms with Crippen molar-refractivity contribution in [1.29, 1.82) is 0 Å². The molecule has 0 amide bonds. The molecule has 0 bridgehead atoms. The molecule has 5 atom stereocenters. The number of rotatable bonds is 3. The fraction of sp³-hybridized carbons (Fsp3) is 0.652. The SMILES string of the molecule is C/C(S)=C(\C)C1C(C)C(C)C(c2cccc3c2[N]([Tl]([CH3])[CH3])CCC3)C1C. The van der Waals surface area contributed by atoms with E-state index in [1.165, 1.54) is 29.9 Å². The predicted molar refractivity (Wildman–Crippen MR) is 121 cm³/mol. The van der Waals surface area contributed by atoms with Crippen LogP contribution in [0.5, 0.6) is 0 Å². The standard InChI is InChI=1S/C21H30NS.2CH3.Tl/c1-12-13(2)20(15(4)19(12)14(3)16(5)23)18-10-6-8-17-9-7-11-22-21(17)18;;;/h6,8,10,12-13,15,19-20,23H,7,9,11H2,1-5H3;2*1H3;/q-1;;;+1/b16-14-;;;. The van der Waals surface area contributed by atoms with Gasteiger partial charge in [-0.05, 0) is 0 Å². The van der Waals surface area contributed by atoms with E-state index < -0.39 is 23.0 Å². The first-order valence-corrected chi connectivity index (χ1v) is 21.9. The van der Waals surface area contributed by atoms with Gasteiger partial charge in [0.25, 0.3) is 0 Å². The molecule has 0 saturated heterocycles. The van der Waals surface area contributed by atoms with Gasteiger partial charge in [-0.1, -0.05) is 0 Å². The van der Waals surface area contributed by atoms with Crippen molar-refractivity contribution >= 4 is 41.3 Å². The number of hydrogen-bond donors (Lipinski definition) is 1. The molecule has 1 fully saturated rings. The van der Waals surface area contributed by atoms with Crippen molar-refractivity contribution < 1.29 is 0 Å². The Hall–Kier alpha value is 0.0321. The zero-order valence-corrected chi connectivity index (χ0v) is 23.1. The molecule has 142 valence electrons. The number of aryl methyl sites for hydroxylation is 1. The van der Waals surface area contributed by atoms with Crippen molar-refractivity contribution in [2.45, 2.75) is 62.3 Å². The van der Waals surface area contributed by atoms with E-state index in [9.17, 15) is 0 Å². The molecule has 5 unspecified atom stereocenters. The maximum atomic E-state index is 4.70. The third kappa shape index (κ3) is 3.54. The average Bonchev–Trinajstić information content (AvgIpc) is 2.82. The first-order valence-electron chi connectivity index (χ1n) is 10.5. The molecule has 1 aromatic rings. The van der Waals surface area contributed by atoms with E-state index in [4.69, 9.17) is 12.6 Å². The van der Waals surface area contributed by atoms with Crippen LogP contribution in [0.4, 0.5) is 5.69 Å². The van der Waals surface area contributed by atoms with Gasteiger partial charge in [-0.2, -0.15) is 0 Å². The van der Waals surface area contributed by atoms with Gasteiger partial charge in [-0.15, -0.1) is 0 Å². The van der Waals surface area contributed by atoms with Crippen molar-refractivity contribution in [3.05, 3.63) is 39.8 Å². The minimum atomic E-state index is -1.71. The summed E-state index contributed by atoms with van der Waals surface area (Å²) in [6, 6.07) is 7.20. The molecule has 2 aliphatic rings.